The Balaban J connectivity index is 0.00000300. The summed E-state index contributed by atoms with van der Waals surface area (Å²) >= 11 is 0. The van der Waals surface area contributed by atoms with Crippen molar-refractivity contribution in [3.05, 3.63) is 54.4 Å². The fourth-order valence-corrected chi connectivity index (χ4v) is 3.22. The zero-order valence-electron chi connectivity index (χ0n) is 17.0. The van der Waals surface area contributed by atoms with Crippen LogP contribution in [0.1, 0.15) is 12.0 Å². The van der Waals surface area contributed by atoms with Gasteiger partial charge < -0.3 is 19.9 Å². The van der Waals surface area contributed by atoms with Crippen molar-refractivity contribution in [1.82, 2.24) is 20.2 Å². The quantitative estimate of drug-likeness (QED) is 0.255. The molecule has 0 atom stereocenters. The van der Waals surface area contributed by atoms with Gasteiger partial charge in [0.05, 0.1) is 6.61 Å². The Bertz CT molecular complexity index is 708. The SMILES string of the molecule is CN=C(NCCCOCCc1ccccc1)N1CCN(c2ncccn2)CC1.I. The van der Waals surface area contributed by atoms with E-state index in [2.05, 4.69) is 54.3 Å². The summed E-state index contributed by atoms with van der Waals surface area (Å²) in [5.74, 6) is 1.76. The number of guanidine groups is 1. The van der Waals surface area contributed by atoms with Gasteiger partial charge in [0.2, 0.25) is 5.95 Å². The smallest absolute Gasteiger partial charge is 0.225 e. The monoisotopic (exact) mass is 510 g/mol. The molecule has 3 rings (SSSR count). The highest BCUT2D eigenvalue weighted by Gasteiger charge is 2.20. The summed E-state index contributed by atoms with van der Waals surface area (Å²) < 4.78 is 5.75. The molecule has 1 aromatic carbocycles. The molecule has 1 aliphatic rings. The van der Waals surface area contributed by atoms with Gasteiger partial charge in [-0.2, -0.15) is 0 Å². The fraction of sp³-hybridized carbons (Fsp3) is 0.476. The van der Waals surface area contributed by atoms with Gasteiger partial charge >= 0.3 is 0 Å². The van der Waals surface area contributed by atoms with Crippen molar-refractivity contribution in [1.29, 1.82) is 0 Å². The molecular formula is C21H31IN6O. The molecule has 1 aromatic heterocycles. The van der Waals surface area contributed by atoms with Crippen LogP contribution in [-0.4, -0.2) is 73.8 Å². The molecule has 0 radical (unpaired) electrons. The van der Waals surface area contributed by atoms with Gasteiger partial charge in [0.1, 0.15) is 0 Å². The molecule has 0 unspecified atom stereocenters. The molecule has 8 heteroatoms. The Morgan fingerprint density at radius 2 is 1.76 bits per heavy atom. The molecule has 0 aliphatic carbocycles. The highest BCUT2D eigenvalue weighted by molar-refractivity contribution is 14.0. The van der Waals surface area contributed by atoms with Gasteiger partial charge in [-0.05, 0) is 24.5 Å². The van der Waals surface area contributed by atoms with Crippen LogP contribution < -0.4 is 10.2 Å². The van der Waals surface area contributed by atoms with Gasteiger partial charge in [-0.15, -0.1) is 24.0 Å². The van der Waals surface area contributed by atoms with E-state index in [9.17, 15) is 0 Å². The molecule has 29 heavy (non-hydrogen) atoms. The van der Waals surface area contributed by atoms with Gasteiger partial charge in [-0.1, -0.05) is 30.3 Å². The summed E-state index contributed by atoms with van der Waals surface area (Å²) in [5.41, 5.74) is 1.32. The van der Waals surface area contributed by atoms with Crippen LogP contribution in [0.3, 0.4) is 0 Å². The highest BCUT2D eigenvalue weighted by Crippen LogP contribution is 2.09. The summed E-state index contributed by atoms with van der Waals surface area (Å²) in [7, 11) is 1.84. The summed E-state index contributed by atoms with van der Waals surface area (Å²) in [5, 5.41) is 3.45. The zero-order chi connectivity index (χ0) is 19.4. The number of rotatable bonds is 8. The van der Waals surface area contributed by atoms with E-state index >= 15 is 0 Å². The predicted molar refractivity (Wildman–Crippen MR) is 128 cm³/mol. The number of halogens is 1. The maximum Gasteiger partial charge on any atom is 0.225 e. The van der Waals surface area contributed by atoms with Gasteiger partial charge in [-0.25, -0.2) is 9.97 Å². The number of aromatic nitrogens is 2. The molecule has 7 nitrogen and oxygen atoms in total. The predicted octanol–water partition coefficient (Wildman–Crippen LogP) is 2.44. The lowest BCUT2D eigenvalue weighted by molar-refractivity contribution is 0.135. The van der Waals surface area contributed by atoms with Crippen LogP contribution in [0.5, 0.6) is 0 Å². The summed E-state index contributed by atoms with van der Waals surface area (Å²) in [4.78, 5) is 17.6. The van der Waals surface area contributed by atoms with Crippen LogP contribution in [0.2, 0.25) is 0 Å². The largest absolute Gasteiger partial charge is 0.381 e. The average molecular weight is 510 g/mol. The van der Waals surface area contributed by atoms with E-state index in [4.69, 9.17) is 4.74 Å². The second kappa shape index (κ2) is 13.3. The molecule has 1 saturated heterocycles. The summed E-state index contributed by atoms with van der Waals surface area (Å²) in [6.07, 6.45) is 5.51. The zero-order valence-corrected chi connectivity index (χ0v) is 19.4. The number of aliphatic imine (C=N–C) groups is 1. The molecule has 0 saturated carbocycles. The van der Waals surface area contributed by atoms with E-state index in [1.54, 1.807) is 12.4 Å². The molecular weight excluding hydrogens is 479 g/mol. The van der Waals surface area contributed by atoms with Gasteiger partial charge in [-0.3, -0.25) is 4.99 Å². The maximum atomic E-state index is 5.75. The van der Waals surface area contributed by atoms with Crippen LogP contribution in [-0.2, 0) is 11.2 Å². The number of nitrogens with zero attached hydrogens (tertiary/aromatic N) is 5. The van der Waals surface area contributed by atoms with Gasteiger partial charge in [0, 0.05) is 58.8 Å². The first kappa shape index (κ1) is 23.3. The number of hydrogen-bond donors (Lipinski definition) is 1. The Hall–Kier alpha value is -1.94. The van der Waals surface area contributed by atoms with E-state index in [0.717, 1.165) is 70.7 Å². The lowest BCUT2D eigenvalue weighted by Crippen LogP contribution is -2.53. The average Bonchev–Trinajstić information content (AvgIpc) is 2.77. The Kier molecular flexibility index (Phi) is 10.7. The molecule has 158 valence electrons. The standard InChI is InChI=1S/C21H30N6O.HI/c1-22-20(23-12-6-17-28-18-9-19-7-3-2-4-8-19)26-13-15-27(16-14-26)21-24-10-5-11-25-21;/h2-5,7-8,10-11H,6,9,12-18H2,1H3,(H,22,23);1H. The van der Waals surface area contributed by atoms with Crippen molar-refractivity contribution in [3.8, 4) is 0 Å². The first-order valence-corrected chi connectivity index (χ1v) is 9.96. The minimum atomic E-state index is 0. The van der Waals surface area contributed by atoms with Gasteiger partial charge in [0.25, 0.3) is 0 Å². The molecule has 0 amide bonds. The lowest BCUT2D eigenvalue weighted by Gasteiger charge is -2.36. The van der Waals surface area contributed by atoms with Crippen LogP contribution >= 0.6 is 24.0 Å². The minimum Gasteiger partial charge on any atom is -0.381 e. The molecule has 0 spiro atoms. The number of benzene rings is 1. The summed E-state index contributed by atoms with van der Waals surface area (Å²) in [6.45, 7) is 6.00. The fourth-order valence-electron chi connectivity index (χ4n) is 3.22. The molecule has 2 aromatic rings. The van der Waals surface area contributed by atoms with E-state index < -0.39 is 0 Å². The van der Waals surface area contributed by atoms with E-state index in [0.29, 0.717) is 0 Å². The van der Waals surface area contributed by atoms with E-state index in [-0.39, 0.29) is 24.0 Å². The van der Waals surface area contributed by atoms with Crippen molar-refractivity contribution in [3.63, 3.8) is 0 Å². The first-order valence-electron chi connectivity index (χ1n) is 9.96. The third-order valence-corrected chi connectivity index (χ3v) is 4.75. The second-order valence-electron chi connectivity index (χ2n) is 6.70. The second-order valence-corrected chi connectivity index (χ2v) is 6.70. The van der Waals surface area contributed by atoms with Crippen LogP contribution in [0.15, 0.2) is 53.8 Å². The van der Waals surface area contributed by atoms with Crippen LogP contribution in [0.25, 0.3) is 0 Å². The van der Waals surface area contributed by atoms with Crippen molar-refractivity contribution < 1.29 is 4.74 Å². The Labute approximate surface area is 190 Å². The number of nitrogens with one attached hydrogen (secondary N) is 1. The number of hydrogen-bond acceptors (Lipinski definition) is 5. The molecule has 0 bridgehead atoms. The van der Waals surface area contributed by atoms with Gasteiger partial charge in [0.15, 0.2) is 5.96 Å². The highest BCUT2D eigenvalue weighted by atomic mass is 127. The Morgan fingerprint density at radius 3 is 2.45 bits per heavy atom. The van der Waals surface area contributed by atoms with E-state index in [1.807, 2.05) is 19.2 Å². The van der Waals surface area contributed by atoms with Crippen molar-refractivity contribution >= 4 is 35.9 Å². The van der Waals surface area contributed by atoms with Crippen molar-refractivity contribution in [2.45, 2.75) is 12.8 Å². The van der Waals surface area contributed by atoms with Crippen molar-refractivity contribution in [2.24, 2.45) is 4.99 Å². The Morgan fingerprint density at radius 1 is 1.03 bits per heavy atom. The molecule has 1 aliphatic heterocycles. The number of ether oxygens (including phenoxy) is 1. The van der Waals surface area contributed by atoms with E-state index in [1.165, 1.54) is 5.56 Å². The molecule has 1 N–H and O–H groups in total. The summed E-state index contributed by atoms with van der Waals surface area (Å²) in [6, 6.07) is 12.3. The third-order valence-electron chi connectivity index (χ3n) is 4.75. The normalized spacial score (nSPS) is 14.4. The lowest BCUT2D eigenvalue weighted by atomic mass is 10.2. The van der Waals surface area contributed by atoms with Crippen molar-refractivity contribution in [2.75, 3.05) is 57.9 Å². The number of piperazine rings is 1. The third kappa shape index (κ3) is 7.77. The van der Waals surface area contributed by atoms with Crippen LogP contribution in [0, 0.1) is 0 Å². The molecule has 2 heterocycles. The topological polar surface area (TPSA) is 65.9 Å². The first-order chi connectivity index (χ1) is 13.9. The number of anilines is 1. The maximum absolute atomic E-state index is 5.75. The minimum absolute atomic E-state index is 0. The molecule has 1 fully saturated rings. The van der Waals surface area contributed by atoms with Crippen LogP contribution in [0.4, 0.5) is 5.95 Å².